The molecule has 1 aromatic heterocycles. The smallest absolute Gasteiger partial charge is 0.295 e. The Labute approximate surface area is 214 Å². The molecule has 0 unspecified atom stereocenters. The van der Waals surface area contributed by atoms with Crippen molar-refractivity contribution >= 4 is 23.1 Å². The maximum atomic E-state index is 13.3. The highest BCUT2D eigenvalue weighted by Gasteiger charge is 2.46. The average molecular weight is 502 g/mol. The molecule has 0 aliphatic carbocycles. The molecule has 37 heavy (non-hydrogen) atoms. The molecule has 9 heteroatoms. The van der Waals surface area contributed by atoms with Crippen molar-refractivity contribution in [2.75, 3.05) is 6.61 Å². The lowest BCUT2D eigenvalue weighted by molar-refractivity contribution is -0.384. The second-order valence-corrected chi connectivity index (χ2v) is 9.33. The summed E-state index contributed by atoms with van der Waals surface area (Å²) in [5, 5.41) is 22.8. The van der Waals surface area contributed by atoms with E-state index in [-0.39, 0.29) is 23.6 Å². The van der Waals surface area contributed by atoms with Crippen LogP contribution >= 0.6 is 0 Å². The van der Waals surface area contributed by atoms with Crippen molar-refractivity contribution < 1.29 is 24.4 Å². The molecule has 0 saturated carbocycles. The van der Waals surface area contributed by atoms with E-state index < -0.39 is 22.7 Å². The number of aromatic nitrogens is 1. The van der Waals surface area contributed by atoms with Gasteiger partial charge in [-0.3, -0.25) is 24.7 Å². The SMILES string of the molecule is Cc1cc(C(O)=C2C(=O)C(=O)N(Cc3cccnc3)[C@@H]2c2cccc([N+](=O)[O-])c2)ccc1OCC(C)C. The van der Waals surface area contributed by atoms with Crippen molar-refractivity contribution in [1.29, 1.82) is 0 Å². The van der Waals surface area contributed by atoms with Crippen LogP contribution in [0.25, 0.3) is 5.76 Å². The predicted molar refractivity (Wildman–Crippen MR) is 137 cm³/mol. The minimum absolute atomic E-state index is 0.0313. The number of ketones is 1. The number of carbonyl (C=O) groups excluding carboxylic acids is 2. The molecule has 3 aromatic rings. The van der Waals surface area contributed by atoms with Gasteiger partial charge in [-0.1, -0.05) is 32.0 Å². The summed E-state index contributed by atoms with van der Waals surface area (Å²) in [7, 11) is 0. The van der Waals surface area contributed by atoms with Gasteiger partial charge in [-0.15, -0.1) is 0 Å². The average Bonchev–Trinajstić information content (AvgIpc) is 3.13. The summed E-state index contributed by atoms with van der Waals surface area (Å²) in [6.45, 7) is 6.45. The van der Waals surface area contributed by atoms with Crippen LogP contribution < -0.4 is 4.74 Å². The molecule has 1 aliphatic rings. The van der Waals surface area contributed by atoms with Gasteiger partial charge in [0.1, 0.15) is 11.5 Å². The summed E-state index contributed by atoms with van der Waals surface area (Å²) in [6.07, 6.45) is 3.16. The quantitative estimate of drug-likeness (QED) is 0.152. The first-order chi connectivity index (χ1) is 17.7. The van der Waals surface area contributed by atoms with E-state index in [1.54, 1.807) is 48.8 Å². The number of nitrogens with zero attached hydrogens (tertiary/aromatic N) is 3. The number of likely N-dealkylation sites (tertiary alicyclic amines) is 1. The van der Waals surface area contributed by atoms with Crippen LogP contribution in [0.4, 0.5) is 5.69 Å². The van der Waals surface area contributed by atoms with Crippen molar-refractivity contribution in [1.82, 2.24) is 9.88 Å². The molecule has 1 aliphatic heterocycles. The number of aryl methyl sites for hydroxylation is 1. The zero-order valence-electron chi connectivity index (χ0n) is 20.7. The third kappa shape index (κ3) is 5.35. The summed E-state index contributed by atoms with van der Waals surface area (Å²) >= 11 is 0. The number of pyridine rings is 1. The summed E-state index contributed by atoms with van der Waals surface area (Å²) in [6, 6.07) is 13.2. The third-order valence-electron chi connectivity index (χ3n) is 6.03. The number of Topliss-reactive ketones (excluding diaryl/α,β-unsaturated/α-hetero) is 1. The Morgan fingerprint density at radius 1 is 1.16 bits per heavy atom. The lowest BCUT2D eigenvalue weighted by atomic mass is 9.94. The molecular weight excluding hydrogens is 474 g/mol. The first kappa shape index (κ1) is 25.6. The number of carbonyl (C=O) groups is 2. The summed E-state index contributed by atoms with van der Waals surface area (Å²) in [4.78, 5) is 42.7. The number of non-ortho nitro benzene ring substituents is 1. The number of aliphatic hydroxyl groups excluding tert-OH is 1. The van der Waals surface area contributed by atoms with Crippen LogP contribution in [0.5, 0.6) is 5.75 Å². The Morgan fingerprint density at radius 2 is 1.95 bits per heavy atom. The Hall–Kier alpha value is -4.53. The normalized spacial score (nSPS) is 16.9. The van der Waals surface area contributed by atoms with Gasteiger partial charge < -0.3 is 14.7 Å². The van der Waals surface area contributed by atoms with E-state index in [4.69, 9.17) is 4.74 Å². The summed E-state index contributed by atoms with van der Waals surface area (Å²) in [5.74, 6) is -1.05. The number of hydrogen-bond acceptors (Lipinski definition) is 7. The molecule has 0 bridgehead atoms. The number of aliphatic hydroxyl groups is 1. The molecule has 190 valence electrons. The molecule has 1 amide bonds. The maximum Gasteiger partial charge on any atom is 0.295 e. The number of amides is 1. The summed E-state index contributed by atoms with van der Waals surface area (Å²) < 4.78 is 5.81. The lowest BCUT2D eigenvalue weighted by Gasteiger charge is -2.25. The highest BCUT2D eigenvalue weighted by Crippen LogP contribution is 2.41. The van der Waals surface area contributed by atoms with Crippen molar-refractivity contribution in [2.45, 2.75) is 33.4 Å². The first-order valence-electron chi connectivity index (χ1n) is 11.8. The number of hydrogen-bond donors (Lipinski definition) is 1. The standard InChI is InChI=1S/C28H27N3O6/c1-17(2)16-37-23-10-9-21(12-18(23)3)26(32)24-25(20-7-4-8-22(13-20)31(35)36)30(28(34)27(24)33)15-19-6-5-11-29-14-19/h4-14,17,25,32H,15-16H2,1-3H3/t25-/m1/s1. The molecule has 2 aromatic carbocycles. The monoisotopic (exact) mass is 501 g/mol. The predicted octanol–water partition coefficient (Wildman–Crippen LogP) is 4.95. The Balaban J connectivity index is 1.83. The Bertz CT molecular complexity index is 1380. The molecule has 1 atom stereocenters. The molecule has 1 fully saturated rings. The van der Waals surface area contributed by atoms with Crippen molar-refractivity contribution in [2.24, 2.45) is 5.92 Å². The van der Waals surface area contributed by atoms with Gasteiger partial charge in [0.2, 0.25) is 0 Å². The second kappa shape index (κ2) is 10.6. The minimum atomic E-state index is -1.03. The van der Waals surface area contributed by atoms with Crippen LogP contribution in [0, 0.1) is 23.0 Å². The molecule has 1 saturated heterocycles. The fraction of sp³-hybridized carbons (Fsp3) is 0.250. The first-order valence-corrected chi connectivity index (χ1v) is 11.8. The fourth-order valence-corrected chi connectivity index (χ4v) is 4.26. The van der Waals surface area contributed by atoms with Crippen LogP contribution in [-0.2, 0) is 16.1 Å². The molecule has 4 rings (SSSR count). The zero-order valence-corrected chi connectivity index (χ0v) is 20.7. The lowest BCUT2D eigenvalue weighted by Crippen LogP contribution is -2.29. The molecule has 2 heterocycles. The van der Waals surface area contributed by atoms with Crippen molar-refractivity contribution in [3.8, 4) is 5.75 Å². The van der Waals surface area contributed by atoms with Gasteiger partial charge in [-0.2, -0.15) is 0 Å². The number of benzene rings is 2. The highest BCUT2D eigenvalue weighted by molar-refractivity contribution is 6.46. The highest BCUT2D eigenvalue weighted by atomic mass is 16.6. The molecule has 1 N–H and O–H groups in total. The number of nitro groups is 1. The van der Waals surface area contributed by atoms with E-state index in [0.29, 0.717) is 35.0 Å². The molecule has 0 radical (unpaired) electrons. The number of nitro benzene ring substituents is 1. The van der Waals surface area contributed by atoms with Gasteiger partial charge in [0.15, 0.2) is 0 Å². The fourth-order valence-electron chi connectivity index (χ4n) is 4.26. The van der Waals surface area contributed by atoms with E-state index in [9.17, 15) is 24.8 Å². The van der Waals surface area contributed by atoms with Crippen LogP contribution in [0.3, 0.4) is 0 Å². The van der Waals surface area contributed by atoms with Crippen molar-refractivity contribution in [3.05, 3.63) is 105 Å². The zero-order chi connectivity index (χ0) is 26.7. The van der Waals surface area contributed by atoms with Gasteiger partial charge in [0.05, 0.1) is 23.1 Å². The topological polar surface area (TPSA) is 123 Å². The van der Waals surface area contributed by atoms with E-state index >= 15 is 0 Å². The third-order valence-corrected chi connectivity index (χ3v) is 6.03. The van der Waals surface area contributed by atoms with Gasteiger partial charge >= 0.3 is 0 Å². The van der Waals surface area contributed by atoms with Crippen LogP contribution in [0.2, 0.25) is 0 Å². The van der Waals surface area contributed by atoms with Crippen molar-refractivity contribution in [3.63, 3.8) is 0 Å². The van der Waals surface area contributed by atoms with E-state index in [2.05, 4.69) is 4.98 Å². The molecule has 0 spiro atoms. The maximum absolute atomic E-state index is 13.3. The van der Waals surface area contributed by atoms with E-state index in [1.165, 1.54) is 23.1 Å². The minimum Gasteiger partial charge on any atom is -0.507 e. The Morgan fingerprint density at radius 3 is 2.59 bits per heavy atom. The van der Waals surface area contributed by atoms with Gasteiger partial charge in [-0.05, 0) is 53.8 Å². The van der Waals surface area contributed by atoms with Gasteiger partial charge in [0, 0.05) is 36.6 Å². The van der Waals surface area contributed by atoms with E-state index in [1.807, 2.05) is 20.8 Å². The van der Waals surface area contributed by atoms with Crippen LogP contribution in [-0.4, -0.2) is 38.2 Å². The van der Waals surface area contributed by atoms with Crippen LogP contribution in [0.15, 0.2) is 72.6 Å². The summed E-state index contributed by atoms with van der Waals surface area (Å²) in [5.41, 5.74) is 1.77. The molecule has 9 nitrogen and oxygen atoms in total. The largest absolute Gasteiger partial charge is 0.507 e. The number of rotatable bonds is 8. The second-order valence-electron chi connectivity index (χ2n) is 9.33. The molecular formula is C28H27N3O6. The number of ether oxygens (including phenoxy) is 1. The van der Waals surface area contributed by atoms with Gasteiger partial charge in [-0.25, -0.2) is 0 Å². The van der Waals surface area contributed by atoms with E-state index in [0.717, 1.165) is 5.56 Å². The Kier molecular flexibility index (Phi) is 7.33. The van der Waals surface area contributed by atoms with Gasteiger partial charge in [0.25, 0.3) is 17.4 Å². The van der Waals surface area contributed by atoms with Crippen LogP contribution in [0.1, 0.15) is 42.1 Å².